The highest BCUT2D eigenvalue weighted by Crippen LogP contribution is 2.49. The summed E-state index contributed by atoms with van der Waals surface area (Å²) in [6, 6.07) is 55.3. The van der Waals surface area contributed by atoms with Gasteiger partial charge in [-0.1, -0.05) is 116 Å². The van der Waals surface area contributed by atoms with Gasteiger partial charge in [-0.15, -0.1) is 0 Å². The molecule has 0 N–H and O–H groups in total. The summed E-state index contributed by atoms with van der Waals surface area (Å²) >= 11 is 0. The fraction of sp³-hybridized carbons (Fsp3) is 0.106. The van der Waals surface area contributed by atoms with E-state index in [1.807, 2.05) is 12.1 Å². The maximum atomic E-state index is 8.53. The lowest BCUT2D eigenvalue weighted by Gasteiger charge is -2.26. The van der Waals surface area contributed by atoms with Crippen LogP contribution in [-0.4, -0.2) is 4.57 Å². The van der Waals surface area contributed by atoms with Gasteiger partial charge >= 0.3 is 0 Å². The van der Waals surface area contributed by atoms with E-state index < -0.39 is 0 Å². The van der Waals surface area contributed by atoms with Gasteiger partial charge < -0.3 is 9.47 Å². The van der Waals surface area contributed by atoms with Crippen LogP contribution >= 0.6 is 0 Å². The van der Waals surface area contributed by atoms with Crippen LogP contribution < -0.4 is 4.90 Å². The Morgan fingerprint density at radius 1 is 0.510 bits per heavy atom. The zero-order valence-corrected chi connectivity index (χ0v) is 28.3. The minimum Gasteiger partial charge on any atom is -0.311 e. The van der Waals surface area contributed by atoms with Crippen molar-refractivity contribution in [2.24, 2.45) is 0 Å². The fourth-order valence-corrected chi connectivity index (χ4v) is 7.84. The molecule has 1 aromatic heterocycles. The third-order valence-corrected chi connectivity index (χ3v) is 10.5. The van der Waals surface area contributed by atoms with Gasteiger partial charge in [0.05, 0.1) is 12.4 Å². The molecule has 1 aliphatic carbocycles. The van der Waals surface area contributed by atoms with Crippen LogP contribution in [0.1, 0.15) is 37.5 Å². The lowest BCUT2D eigenvalue weighted by Crippen LogP contribution is -2.15. The number of aryl methyl sites for hydroxylation is 2. The van der Waals surface area contributed by atoms with Crippen LogP contribution in [0.3, 0.4) is 0 Å². The molecule has 2 nitrogen and oxygen atoms in total. The zero-order valence-electron chi connectivity index (χ0n) is 29.3. The molecule has 9 rings (SSSR count). The van der Waals surface area contributed by atoms with E-state index in [1.165, 1.54) is 33.4 Å². The van der Waals surface area contributed by atoms with Crippen LogP contribution in [-0.2, 0) is 5.41 Å². The summed E-state index contributed by atoms with van der Waals surface area (Å²) in [5.41, 5.74) is 16.9. The Morgan fingerprint density at radius 2 is 1.10 bits per heavy atom. The van der Waals surface area contributed by atoms with Crippen LogP contribution in [0, 0.1) is 13.8 Å². The average Bonchev–Trinajstić information content (AvgIpc) is 3.57. The average molecular weight is 632 g/mol. The fourth-order valence-electron chi connectivity index (χ4n) is 7.84. The molecule has 0 bridgehead atoms. The van der Waals surface area contributed by atoms with Crippen LogP contribution in [0.5, 0.6) is 0 Å². The monoisotopic (exact) mass is 631 g/mol. The first-order valence-electron chi connectivity index (χ1n) is 17.6. The normalized spacial score (nSPS) is 13.3. The van der Waals surface area contributed by atoms with Gasteiger partial charge in [0.1, 0.15) is 0 Å². The van der Waals surface area contributed by atoms with Crippen molar-refractivity contribution in [3.8, 4) is 27.9 Å². The molecule has 8 aromatic rings. The highest BCUT2D eigenvalue weighted by molar-refractivity contribution is 6.10. The van der Waals surface area contributed by atoms with Gasteiger partial charge in [-0.2, -0.15) is 0 Å². The van der Waals surface area contributed by atoms with Crippen LogP contribution in [0.4, 0.5) is 17.1 Å². The smallest absolute Gasteiger partial charge is 0.0623 e. The maximum Gasteiger partial charge on any atom is 0.0623 e. The van der Waals surface area contributed by atoms with Gasteiger partial charge in [0.15, 0.2) is 0 Å². The van der Waals surface area contributed by atoms with Gasteiger partial charge in [0.25, 0.3) is 0 Å². The van der Waals surface area contributed by atoms with E-state index in [-0.39, 0.29) is 5.41 Å². The molecule has 1 heterocycles. The quantitative estimate of drug-likeness (QED) is 0.183. The van der Waals surface area contributed by atoms with Crippen molar-refractivity contribution in [1.82, 2.24) is 4.57 Å². The standard InChI is InChI=1S/C47H38N2/c1-31-13-20-35(21-14-31)48(36-22-15-32(2)16-23-36)37-24-17-33(18-25-37)34-19-28-46-42(29-34)41-10-6-8-12-45(41)49(46)38-26-27-40-39-9-5-7-11-43(39)47(3,4)44(40)30-38/h5-30H,1-4H3/i6D. The third-order valence-electron chi connectivity index (χ3n) is 10.5. The van der Waals surface area contributed by atoms with E-state index in [9.17, 15) is 0 Å². The summed E-state index contributed by atoms with van der Waals surface area (Å²) in [6.07, 6.45) is 0. The lowest BCUT2D eigenvalue weighted by molar-refractivity contribution is 0.660. The molecule has 0 saturated carbocycles. The Labute approximate surface area is 289 Å². The summed E-state index contributed by atoms with van der Waals surface area (Å²) < 4.78 is 10.9. The van der Waals surface area contributed by atoms with Crippen LogP contribution in [0.25, 0.3) is 49.7 Å². The first-order chi connectivity index (χ1) is 24.3. The number of rotatable bonds is 5. The molecule has 2 heteroatoms. The highest BCUT2D eigenvalue weighted by Gasteiger charge is 2.35. The number of benzene rings is 7. The summed E-state index contributed by atoms with van der Waals surface area (Å²) in [4.78, 5) is 2.31. The molecule has 7 aromatic carbocycles. The van der Waals surface area contributed by atoms with Gasteiger partial charge in [0.2, 0.25) is 0 Å². The highest BCUT2D eigenvalue weighted by atomic mass is 15.1. The van der Waals surface area contributed by atoms with Crippen LogP contribution in [0.15, 0.2) is 158 Å². The van der Waals surface area contributed by atoms with Crippen molar-refractivity contribution < 1.29 is 1.37 Å². The first-order valence-corrected chi connectivity index (χ1v) is 17.1. The maximum absolute atomic E-state index is 8.53. The Bertz CT molecular complexity index is 2530. The summed E-state index contributed by atoms with van der Waals surface area (Å²) in [5, 5.41) is 2.25. The topological polar surface area (TPSA) is 8.17 Å². The molecule has 0 radical (unpaired) electrons. The Kier molecular flexibility index (Phi) is 6.39. The number of anilines is 3. The first kappa shape index (κ1) is 28.2. The number of hydrogen-bond donors (Lipinski definition) is 0. The molecular formula is C47H38N2. The zero-order chi connectivity index (χ0) is 34.1. The molecule has 0 spiro atoms. The largest absolute Gasteiger partial charge is 0.311 e. The van der Waals surface area contributed by atoms with Crippen molar-refractivity contribution in [2.45, 2.75) is 33.1 Å². The second-order valence-corrected chi connectivity index (χ2v) is 14.0. The molecule has 0 amide bonds. The number of nitrogens with zero attached hydrogens (tertiary/aromatic N) is 2. The molecule has 49 heavy (non-hydrogen) atoms. The number of aromatic nitrogens is 1. The van der Waals surface area contributed by atoms with Crippen LogP contribution in [0.2, 0.25) is 0 Å². The Hall–Kier alpha value is -5.86. The number of para-hydroxylation sites is 1. The lowest BCUT2D eigenvalue weighted by atomic mass is 9.82. The van der Waals surface area contributed by atoms with E-state index >= 15 is 0 Å². The minimum absolute atomic E-state index is 0.0805. The van der Waals surface area contributed by atoms with Gasteiger partial charge in [-0.25, -0.2) is 0 Å². The summed E-state index contributed by atoms with van der Waals surface area (Å²) in [5.74, 6) is 0. The van der Waals surface area contributed by atoms with E-state index in [4.69, 9.17) is 1.37 Å². The van der Waals surface area contributed by atoms with E-state index in [1.54, 1.807) is 0 Å². The Morgan fingerprint density at radius 3 is 1.80 bits per heavy atom. The van der Waals surface area contributed by atoms with E-state index in [0.29, 0.717) is 6.04 Å². The minimum atomic E-state index is -0.0805. The third kappa shape index (κ3) is 4.70. The number of hydrogen-bond acceptors (Lipinski definition) is 1. The molecule has 0 atom stereocenters. The molecular weight excluding hydrogens is 593 g/mol. The summed E-state index contributed by atoms with van der Waals surface area (Å²) in [6.45, 7) is 8.91. The SMILES string of the molecule is [2H]c1ccc2c(c1)c1cc(-c3ccc(N(c4ccc(C)cc4)c4ccc(C)cc4)cc3)ccc1n2-c1ccc2c(c1)C(C)(C)c1ccccc1-2. The predicted octanol–water partition coefficient (Wildman–Crippen LogP) is 12.8. The molecule has 1 aliphatic rings. The molecule has 0 aliphatic heterocycles. The second kappa shape index (κ2) is 11.1. The Balaban J connectivity index is 1.14. The second-order valence-electron chi connectivity index (χ2n) is 14.0. The molecule has 236 valence electrons. The van der Waals surface area contributed by atoms with Crippen molar-refractivity contribution in [3.63, 3.8) is 0 Å². The van der Waals surface area contributed by atoms with Gasteiger partial charge in [-0.05, 0) is 114 Å². The van der Waals surface area contributed by atoms with Gasteiger partial charge in [-0.3, -0.25) is 0 Å². The van der Waals surface area contributed by atoms with E-state index in [0.717, 1.165) is 55.7 Å². The summed E-state index contributed by atoms with van der Waals surface area (Å²) in [7, 11) is 0. The van der Waals surface area contributed by atoms with E-state index in [2.05, 4.69) is 177 Å². The van der Waals surface area contributed by atoms with Crippen molar-refractivity contribution >= 4 is 38.9 Å². The molecule has 0 fully saturated rings. The van der Waals surface area contributed by atoms with Crippen molar-refractivity contribution in [1.29, 1.82) is 0 Å². The number of fused-ring (bicyclic) bond motifs is 6. The molecule has 0 unspecified atom stereocenters. The predicted molar refractivity (Wildman–Crippen MR) is 208 cm³/mol. The van der Waals surface area contributed by atoms with Gasteiger partial charge in [0, 0.05) is 38.9 Å². The van der Waals surface area contributed by atoms with Crippen molar-refractivity contribution in [2.75, 3.05) is 4.90 Å². The van der Waals surface area contributed by atoms with Crippen molar-refractivity contribution in [3.05, 3.63) is 180 Å². The molecule has 0 saturated heterocycles.